The van der Waals surface area contributed by atoms with Crippen molar-refractivity contribution in [3.63, 3.8) is 0 Å². The van der Waals surface area contributed by atoms with E-state index in [1.807, 2.05) is 0 Å². The molecule has 29 heavy (non-hydrogen) atoms. The quantitative estimate of drug-likeness (QED) is 0.533. The Kier molecular flexibility index (Phi) is 5.91. The predicted octanol–water partition coefficient (Wildman–Crippen LogP) is 2.64. The maximum absolute atomic E-state index is 12.4. The SMILES string of the molecule is COC(=O)[C@@H]1[C@@H](c2cn(C(=O)OC(C)(C)C)cn2)OC(=O)N1C(=O)OC(C)(C)C. The largest absolute Gasteiger partial charge is 0.467 e. The first kappa shape index (κ1) is 22.2. The summed E-state index contributed by atoms with van der Waals surface area (Å²) < 4.78 is 21.3. The van der Waals surface area contributed by atoms with E-state index in [1.54, 1.807) is 41.5 Å². The number of carbonyl (C=O) groups is 4. The first-order valence-corrected chi connectivity index (χ1v) is 8.81. The molecule has 160 valence electrons. The fraction of sp³-hybridized carbons (Fsp3) is 0.611. The van der Waals surface area contributed by atoms with Crippen LogP contribution < -0.4 is 0 Å². The summed E-state index contributed by atoms with van der Waals surface area (Å²) in [5.74, 6) is -0.904. The number of imidazole rings is 1. The lowest BCUT2D eigenvalue weighted by molar-refractivity contribution is -0.146. The minimum Gasteiger partial charge on any atom is -0.467 e. The van der Waals surface area contributed by atoms with Crippen LogP contribution in [0.2, 0.25) is 0 Å². The van der Waals surface area contributed by atoms with Crippen molar-refractivity contribution in [3.05, 3.63) is 18.2 Å². The summed E-state index contributed by atoms with van der Waals surface area (Å²) in [5.41, 5.74) is -1.58. The standard InChI is InChI=1S/C18H25N3O8/c1-17(2,3)28-14(23)20-8-10(19-9-20)12-11(13(22)26-7)21(15(24)27-12)16(25)29-18(4,5)6/h8-9,11-12H,1-7H3/t11-,12+/m0/s1. The summed E-state index contributed by atoms with van der Waals surface area (Å²) in [6.07, 6.45) is -1.74. The van der Waals surface area contributed by atoms with Crippen molar-refractivity contribution in [2.45, 2.75) is 64.9 Å². The Bertz CT molecular complexity index is 818. The van der Waals surface area contributed by atoms with Crippen molar-refractivity contribution in [2.75, 3.05) is 7.11 Å². The van der Waals surface area contributed by atoms with Gasteiger partial charge in [0.05, 0.1) is 7.11 Å². The molecule has 0 unspecified atom stereocenters. The van der Waals surface area contributed by atoms with Crippen molar-refractivity contribution in [2.24, 2.45) is 0 Å². The van der Waals surface area contributed by atoms with Crippen molar-refractivity contribution in [1.82, 2.24) is 14.5 Å². The Morgan fingerprint density at radius 2 is 1.59 bits per heavy atom. The Balaban J connectivity index is 2.33. The van der Waals surface area contributed by atoms with Crippen molar-refractivity contribution in [1.29, 1.82) is 0 Å². The van der Waals surface area contributed by atoms with Gasteiger partial charge in [0.2, 0.25) is 0 Å². The highest BCUT2D eigenvalue weighted by atomic mass is 16.6. The third-order valence-electron chi connectivity index (χ3n) is 3.52. The summed E-state index contributed by atoms with van der Waals surface area (Å²) in [6, 6.07) is -1.47. The molecule has 1 aromatic heterocycles. The van der Waals surface area contributed by atoms with Gasteiger partial charge < -0.3 is 18.9 Å². The molecule has 11 heteroatoms. The zero-order valence-electron chi connectivity index (χ0n) is 17.4. The second-order valence-electron chi connectivity index (χ2n) is 8.31. The van der Waals surface area contributed by atoms with Gasteiger partial charge in [0, 0.05) is 6.20 Å². The average Bonchev–Trinajstić information content (AvgIpc) is 3.15. The molecule has 2 heterocycles. The normalized spacial score (nSPS) is 19.6. The molecule has 2 atom stereocenters. The van der Waals surface area contributed by atoms with E-state index in [0.717, 1.165) is 18.0 Å². The van der Waals surface area contributed by atoms with Crippen LogP contribution in [0.25, 0.3) is 0 Å². The molecule has 1 aliphatic rings. The first-order chi connectivity index (χ1) is 13.2. The molecule has 1 aromatic rings. The van der Waals surface area contributed by atoms with Crippen molar-refractivity contribution >= 4 is 24.2 Å². The van der Waals surface area contributed by atoms with Gasteiger partial charge in [-0.25, -0.2) is 28.7 Å². The van der Waals surface area contributed by atoms with Gasteiger partial charge in [-0.1, -0.05) is 0 Å². The molecule has 0 bridgehead atoms. The van der Waals surface area contributed by atoms with E-state index >= 15 is 0 Å². The first-order valence-electron chi connectivity index (χ1n) is 8.81. The summed E-state index contributed by atoms with van der Waals surface area (Å²) in [4.78, 5) is 53.8. The summed E-state index contributed by atoms with van der Waals surface area (Å²) in [5, 5.41) is 0. The Labute approximate surface area is 167 Å². The number of amides is 2. The molecule has 1 aliphatic heterocycles. The maximum atomic E-state index is 12.4. The van der Waals surface area contributed by atoms with Crippen LogP contribution in [-0.2, 0) is 23.7 Å². The highest BCUT2D eigenvalue weighted by molar-refractivity contribution is 5.96. The molecular formula is C18H25N3O8. The zero-order chi connectivity index (χ0) is 22.1. The molecule has 11 nitrogen and oxygen atoms in total. The lowest BCUT2D eigenvalue weighted by Gasteiger charge is -2.25. The number of nitrogens with zero attached hydrogens (tertiary/aromatic N) is 3. The van der Waals surface area contributed by atoms with Gasteiger partial charge in [0.25, 0.3) is 0 Å². The van der Waals surface area contributed by atoms with E-state index < -0.39 is 47.6 Å². The van der Waals surface area contributed by atoms with E-state index in [0.29, 0.717) is 4.90 Å². The minimum absolute atomic E-state index is 0.0608. The van der Waals surface area contributed by atoms with Crippen LogP contribution in [0.4, 0.5) is 14.4 Å². The molecule has 0 spiro atoms. The van der Waals surface area contributed by atoms with Gasteiger partial charge in [-0.05, 0) is 41.5 Å². The van der Waals surface area contributed by atoms with Crippen LogP contribution in [0.1, 0.15) is 53.3 Å². The molecule has 0 N–H and O–H groups in total. The number of ether oxygens (including phenoxy) is 4. The van der Waals surface area contributed by atoms with E-state index in [-0.39, 0.29) is 5.69 Å². The number of carbonyl (C=O) groups excluding carboxylic acids is 4. The Hall–Kier alpha value is -3.11. The average molecular weight is 411 g/mol. The van der Waals surface area contributed by atoms with Gasteiger partial charge in [0.15, 0.2) is 12.1 Å². The fourth-order valence-corrected chi connectivity index (χ4v) is 2.45. The number of methoxy groups -OCH3 is 1. The summed E-state index contributed by atoms with van der Waals surface area (Å²) in [6.45, 7) is 9.94. The van der Waals surface area contributed by atoms with Crippen molar-refractivity contribution < 1.29 is 38.1 Å². The van der Waals surface area contributed by atoms with E-state index in [4.69, 9.17) is 18.9 Å². The summed E-state index contributed by atoms with van der Waals surface area (Å²) in [7, 11) is 1.11. The fourth-order valence-electron chi connectivity index (χ4n) is 2.45. The number of hydrogen-bond donors (Lipinski definition) is 0. The number of hydrogen-bond acceptors (Lipinski definition) is 9. The van der Waals surface area contributed by atoms with Crippen LogP contribution in [0.3, 0.4) is 0 Å². The van der Waals surface area contributed by atoms with Gasteiger partial charge >= 0.3 is 24.2 Å². The molecule has 2 amide bonds. The van der Waals surface area contributed by atoms with Gasteiger partial charge in [-0.15, -0.1) is 0 Å². The van der Waals surface area contributed by atoms with Crippen LogP contribution in [0, 0.1) is 0 Å². The van der Waals surface area contributed by atoms with Gasteiger partial charge in [0.1, 0.15) is 23.2 Å². The Morgan fingerprint density at radius 3 is 2.10 bits per heavy atom. The number of rotatable bonds is 2. The minimum atomic E-state index is -1.47. The number of cyclic esters (lactones) is 1. The monoisotopic (exact) mass is 411 g/mol. The van der Waals surface area contributed by atoms with Crippen LogP contribution in [0.15, 0.2) is 12.5 Å². The van der Waals surface area contributed by atoms with Crippen LogP contribution in [0.5, 0.6) is 0 Å². The number of aromatic nitrogens is 2. The van der Waals surface area contributed by atoms with Crippen LogP contribution >= 0.6 is 0 Å². The molecular weight excluding hydrogens is 386 g/mol. The van der Waals surface area contributed by atoms with E-state index in [2.05, 4.69) is 4.98 Å². The van der Waals surface area contributed by atoms with Crippen molar-refractivity contribution in [3.8, 4) is 0 Å². The topological polar surface area (TPSA) is 126 Å². The highest BCUT2D eigenvalue weighted by Crippen LogP contribution is 2.33. The zero-order valence-corrected chi connectivity index (χ0v) is 17.4. The van der Waals surface area contributed by atoms with E-state index in [9.17, 15) is 19.2 Å². The molecule has 0 aliphatic carbocycles. The molecule has 0 radical (unpaired) electrons. The second-order valence-corrected chi connectivity index (χ2v) is 8.31. The molecule has 1 fully saturated rings. The molecule has 0 saturated carbocycles. The molecule has 2 rings (SSSR count). The lowest BCUT2D eigenvalue weighted by Crippen LogP contribution is -2.47. The third kappa shape index (κ3) is 5.24. The van der Waals surface area contributed by atoms with E-state index in [1.165, 1.54) is 6.20 Å². The van der Waals surface area contributed by atoms with Gasteiger partial charge in [-0.2, -0.15) is 4.90 Å². The van der Waals surface area contributed by atoms with Gasteiger partial charge in [-0.3, -0.25) is 0 Å². The molecule has 1 saturated heterocycles. The maximum Gasteiger partial charge on any atom is 0.421 e. The molecule has 0 aromatic carbocycles. The van der Waals surface area contributed by atoms with Crippen LogP contribution in [-0.4, -0.2) is 63.1 Å². The lowest BCUT2D eigenvalue weighted by atomic mass is 10.1. The number of esters is 1. The second kappa shape index (κ2) is 7.72. The summed E-state index contributed by atoms with van der Waals surface area (Å²) >= 11 is 0. The predicted molar refractivity (Wildman–Crippen MR) is 97.0 cm³/mol. The number of imide groups is 1. The Morgan fingerprint density at radius 1 is 1.03 bits per heavy atom. The third-order valence-corrected chi connectivity index (χ3v) is 3.52. The highest BCUT2D eigenvalue weighted by Gasteiger charge is 2.53. The smallest absolute Gasteiger partial charge is 0.421 e.